The quantitative estimate of drug-likeness (QED) is 0.303. The Kier molecular flexibility index (Phi) is 6.90. The standard InChI is InChI=1S/C11H22O2Si/c1-12-11(13-2)9-7-6-8-10-14(3,4)5/h11H,6-7,9H2,1-5H3. The summed E-state index contributed by atoms with van der Waals surface area (Å²) in [5.74, 6) is 3.23. The molecule has 0 atom stereocenters. The van der Waals surface area contributed by atoms with Gasteiger partial charge in [0.2, 0.25) is 0 Å². The van der Waals surface area contributed by atoms with Crippen molar-refractivity contribution in [3.05, 3.63) is 0 Å². The Morgan fingerprint density at radius 3 is 2.14 bits per heavy atom. The first-order valence-corrected chi connectivity index (χ1v) is 8.55. The highest BCUT2D eigenvalue weighted by Gasteiger charge is 2.07. The second kappa shape index (κ2) is 7.05. The summed E-state index contributed by atoms with van der Waals surface area (Å²) in [5, 5.41) is 0. The number of rotatable bonds is 5. The molecule has 0 amide bonds. The zero-order valence-electron chi connectivity index (χ0n) is 10.0. The molecule has 0 aliphatic heterocycles. The van der Waals surface area contributed by atoms with Crippen LogP contribution in [0.3, 0.4) is 0 Å². The van der Waals surface area contributed by atoms with Crippen molar-refractivity contribution in [1.82, 2.24) is 0 Å². The summed E-state index contributed by atoms with van der Waals surface area (Å²) in [6.07, 6.45) is 2.86. The van der Waals surface area contributed by atoms with Gasteiger partial charge >= 0.3 is 0 Å². The third kappa shape index (κ3) is 8.30. The summed E-state index contributed by atoms with van der Waals surface area (Å²) in [7, 11) is 2.16. The second-order valence-electron chi connectivity index (χ2n) is 4.34. The first-order valence-electron chi connectivity index (χ1n) is 5.05. The predicted molar refractivity (Wildman–Crippen MR) is 62.8 cm³/mol. The van der Waals surface area contributed by atoms with Crippen LogP contribution in [-0.2, 0) is 9.47 Å². The van der Waals surface area contributed by atoms with E-state index in [2.05, 4.69) is 31.1 Å². The van der Waals surface area contributed by atoms with Crippen LogP contribution in [0.4, 0.5) is 0 Å². The topological polar surface area (TPSA) is 18.5 Å². The molecule has 0 aliphatic rings. The molecule has 14 heavy (non-hydrogen) atoms. The average molecular weight is 214 g/mol. The maximum atomic E-state index is 5.09. The highest BCUT2D eigenvalue weighted by atomic mass is 28.3. The zero-order valence-corrected chi connectivity index (χ0v) is 11.0. The van der Waals surface area contributed by atoms with Crippen molar-refractivity contribution in [2.45, 2.75) is 45.2 Å². The van der Waals surface area contributed by atoms with Gasteiger partial charge in [0, 0.05) is 20.6 Å². The molecule has 0 N–H and O–H groups in total. The summed E-state index contributed by atoms with van der Waals surface area (Å²) >= 11 is 0. The molecule has 0 rings (SSSR count). The third-order valence-corrected chi connectivity index (χ3v) is 2.66. The van der Waals surface area contributed by atoms with E-state index in [0.717, 1.165) is 19.3 Å². The van der Waals surface area contributed by atoms with Crippen LogP contribution in [0.2, 0.25) is 19.6 Å². The summed E-state index contributed by atoms with van der Waals surface area (Å²) in [5.41, 5.74) is 3.34. The van der Waals surface area contributed by atoms with Gasteiger partial charge in [-0.2, -0.15) is 0 Å². The Bertz CT molecular complexity index is 194. The SMILES string of the molecule is COC(CCCC#C[Si](C)(C)C)OC. The maximum Gasteiger partial charge on any atom is 0.156 e. The molecule has 0 aliphatic carbocycles. The number of unbranched alkanes of at least 4 members (excludes halogenated alkanes) is 1. The Hall–Kier alpha value is -0.303. The summed E-state index contributed by atoms with van der Waals surface area (Å²) < 4.78 is 10.2. The highest BCUT2D eigenvalue weighted by molar-refractivity contribution is 6.83. The van der Waals surface area contributed by atoms with Crippen LogP contribution < -0.4 is 0 Å². The Morgan fingerprint density at radius 2 is 1.71 bits per heavy atom. The predicted octanol–water partition coefficient (Wildman–Crippen LogP) is 2.66. The summed E-state index contributed by atoms with van der Waals surface area (Å²) in [6.45, 7) is 6.77. The minimum Gasteiger partial charge on any atom is -0.356 e. The molecule has 3 heteroatoms. The maximum absolute atomic E-state index is 5.09. The molecule has 0 heterocycles. The lowest BCUT2D eigenvalue weighted by Crippen LogP contribution is -2.16. The number of hydrogen-bond donors (Lipinski definition) is 0. The van der Waals surface area contributed by atoms with Gasteiger partial charge in [-0.1, -0.05) is 19.6 Å². The van der Waals surface area contributed by atoms with Crippen LogP contribution in [0.5, 0.6) is 0 Å². The number of methoxy groups -OCH3 is 2. The van der Waals surface area contributed by atoms with Gasteiger partial charge in [-0.25, -0.2) is 0 Å². The largest absolute Gasteiger partial charge is 0.356 e. The lowest BCUT2D eigenvalue weighted by Gasteiger charge is -2.11. The first kappa shape index (κ1) is 13.7. The van der Waals surface area contributed by atoms with E-state index in [1.54, 1.807) is 14.2 Å². The molecule has 0 bridgehead atoms. The van der Waals surface area contributed by atoms with Gasteiger partial charge in [0.15, 0.2) is 6.29 Å². The van der Waals surface area contributed by atoms with Gasteiger partial charge < -0.3 is 9.47 Å². The molecule has 0 saturated carbocycles. The van der Waals surface area contributed by atoms with Crippen molar-refractivity contribution in [2.75, 3.05) is 14.2 Å². The Balaban J connectivity index is 3.58. The van der Waals surface area contributed by atoms with E-state index in [9.17, 15) is 0 Å². The molecule has 0 radical (unpaired) electrons. The monoisotopic (exact) mass is 214 g/mol. The van der Waals surface area contributed by atoms with Crippen LogP contribution in [0.15, 0.2) is 0 Å². The average Bonchev–Trinajstić information content (AvgIpc) is 2.09. The lowest BCUT2D eigenvalue weighted by atomic mass is 10.2. The van der Waals surface area contributed by atoms with E-state index < -0.39 is 8.07 Å². The lowest BCUT2D eigenvalue weighted by molar-refractivity contribution is -0.106. The van der Waals surface area contributed by atoms with Crippen molar-refractivity contribution >= 4 is 8.07 Å². The fraction of sp³-hybridized carbons (Fsp3) is 0.818. The van der Waals surface area contributed by atoms with Gasteiger partial charge in [-0.3, -0.25) is 0 Å². The van der Waals surface area contributed by atoms with Crippen molar-refractivity contribution in [3.8, 4) is 11.5 Å². The molecule has 0 saturated heterocycles. The molecule has 82 valence electrons. The Labute approximate surface area is 89.0 Å². The van der Waals surface area contributed by atoms with Gasteiger partial charge in [-0.15, -0.1) is 11.5 Å². The fourth-order valence-corrected chi connectivity index (χ4v) is 1.67. The molecule has 2 nitrogen and oxygen atoms in total. The molecule has 0 aromatic heterocycles. The van der Waals surface area contributed by atoms with Crippen LogP contribution in [0, 0.1) is 11.5 Å². The fourth-order valence-electron chi connectivity index (χ4n) is 1.02. The Morgan fingerprint density at radius 1 is 1.14 bits per heavy atom. The number of hydrogen-bond acceptors (Lipinski definition) is 2. The van der Waals surface area contributed by atoms with E-state index in [0.29, 0.717) is 0 Å². The minimum absolute atomic E-state index is 0.0660. The molecule has 0 unspecified atom stereocenters. The molecule has 0 fully saturated rings. The zero-order chi connectivity index (χ0) is 11.0. The summed E-state index contributed by atoms with van der Waals surface area (Å²) in [6, 6.07) is 0. The van der Waals surface area contributed by atoms with E-state index in [1.165, 1.54) is 0 Å². The van der Waals surface area contributed by atoms with E-state index >= 15 is 0 Å². The third-order valence-electron chi connectivity index (χ3n) is 1.73. The van der Waals surface area contributed by atoms with Crippen LogP contribution >= 0.6 is 0 Å². The second-order valence-corrected chi connectivity index (χ2v) is 9.09. The molecule has 0 spiro atoms. The molecule has 0 aromatic carbocycles. The normalized spacial score (nSPS) is 11.3. The van der Waals surface area contributed by atoms with Crippen molar-refractivity contribution in [2.24, 2.45) is 0 Å². The van der Waals surface area contributed by atoms with Gasteiger partial charge in [0.1, 0.15) is 8.07 Å². The van der Waals surface area contributed by atoms with E-state index in [1.807, 2.05) is 0 Å². The molecular weight excluding hydrogens is 192 g/mol. The van der Waals surface area contributed by atoms with Crippen LogP contribution in [0.1, 0.15) is 19.3 Å². The smallest absolute Gasteiger partial charge is 0.156 e. The molecule has 0 aromatic rings. The summed E-state index contributed by atoms with van der Waals surface area (Å²) in [4.78, 5) is 0. The van der Waals surface area contributed by atoms with Crippen molar-refractivity contribution in [3.63, 3.8) is 0 Å². The van der Waals surface area contributed by atoms with Gasteiger partial charge in [-0.05, 0) is 12.8 Å². The van der Waals surface area contributed by atoms with Crippen molar-refractivity contribution in [1.29, 1.82) is 0 Å². The van der Waals surface area contributed by atoms with Crippen LogP contribution in [0.25, 0.3) is 0 Å². The first-order chi connectivity index (χ1) is 6.49. The van der Waals surface area contributed by atoms with Crippen molar-refractivity contribution < 1.29 is 9.47 Å². The van der Waals surface area contributed by atoms with Gasteiger partial charge in [0.25, 0.3) is 0 Å². The van der Waals surface area contributed by atoms with Crippen LogP contribution in [-0.4, -0.2) is 28.6 Å². The van der Waals surface area contributed by atoms with E-state index in [-0.39, 0.29) is 6.29 Å². The molecular formula is C11H22O2Si. The minimum atomic E-state index is -1.17. The highest BCUT2D eigenvalue weighted by Crippen LogP contribution is 2.04. The number of ether oxygens (including phenoxy) is 2. The van der Waals surface area contributed by atoms with E-state index in [4.69, 9.17) is 9.47 Å². The van der Waals surface area contributed by atoms with Gasteiger partial charge in [0.05, 0.1) is 0 Å².